The summed E-state index contributed by atoms with van der Waals surface area (Å²) in [6.07, 6.45) is 2.16. The molecule has 0 radical (unpaired) electrons. The molecule has 1 N–H and O–H groups in total. The molecule has 20 heavy (non-hydrogen) atoms. The van der Waals surface area contributed by atoms with Crippen LogP contribution in [0.4, 0.5) is 5.69 Å². The number of anilines is 1. The third-order valence-electron chi connectivity index (χ3n) is 3.84. The largest absolute Gasteiger partial charge is 0.497 e. The standard InChI is InChI=1S/C17H18ClNO/c1-20-16-6-7-17-14(10-16)9-13(11-19-17)8-12-2-4-15(18)5-3-12/h2-7,10,13,19H,8-9,11H2,1H3. The zero-order valence-corrected chi connectivity index (χ0v) is 12.3. The maximum Gasteiger partial charge on any atom is 0.119 e. The molecule has 1 atom stereocenters. The van der Waals surface area contributed by atoms with Crippen LogP contribution >= 0.6 is 11.6 Å². The van der Waals surface area contributed by atoms with E-state index in [4.69, 9.17) is 16.3 Å². The third kappa shape index (κ3) is 2.91. The molecule has 1 aliphatic heterocycles. The molecule has 0 fully saturated rings. The Labute approximate surface area is 124 Å². The van der Waals surface area contributed by atoms with Crippen molar-refractivity contribution in [3.63, 3.8) is 0 Å². The van der Waals surface area contributed by atoms with Gasteiger partial charge in [-0.3, -0.25) is 0 Å². The lowest BCUT2D eigenvalue weighted by Crippen LogP contribution is -2.24. The van der Waals surface area contributed by atoms with Gasteiger partial charge in [0, 0.05) is 17.3 Å². The molecule has 1 aliphatic rings. The molecule has 0 aromatic heterocycles. The number of hydrogen-bond donors (Lipinski definition) is 1. The van der Waals surface area contributed by atoms with E-state index in [2.05, 4.69) is 29.6 Å². The summed E-state index contributed by atoms with van der Waals surface area (Å²) in [6, 6.07) is 14.4. The average molecular weight is 288 g/mol. The highest BCUT2D eigenvalue weighted by molar-refractivity contribution is 6.30. The van der Waals surface area contributed by atoms with Crippen molar-refractivity contribution in [3.05, 3.63) is 58.6 Å². The van der Waals surface area contributed by atoms with Crippen LogP contribution in [-0.2, 0) is 12.8 Å². The smallest absolute Gasteiger partial charge is 0.119 e. The van der Waals surface area contributed by atoms with Crippen molar-refractivity contribution in [1.82, 2.24) is 0 Å². The molecule has 0 amide bonds. The van der Waals surface area contributed by atoms with Gasteiger partial charge in [0.2, 0.25) is 0 Å². The van der Waals surface area contributed by atoms with Crippen molar-refractivity contribution in [2.75, 3.05) is 19.0 Å². The van der Waals surface area contributed by atoms with E-state index in [0.717, 1.165) is 30.2 Å². The lowest BCUT2D eigenvalue weighted by molar-refractivity contribution is 0.413. The molecule has 104 valence electrons. The Morgan fingerprint density at radius 1 is 1.20 bits per heavy atom. The lowest BCUT2D eigenvalue weighted by Gasteiger charge is -2.26. The number of rotatable bonds is 3. The third-order valence-corrected chi connectivity index (χ3v) is 4.09. The van der Waals surface area contributed by atoms with E-state index < -0.39 is 0 Å². The SMILES string of the molecule is COc1ccc2c(c1)CC(Cc1ccc(Cl)cc1)CN2. The first kappa shape index (κ1) is 13.3. The number of fused-ring (bicyclic) bond motifs is 1. The van der Waals surface area contributed by atoms with Gasteiger partial charge in [-0.05, 0) is 60.2 Å². The van der Waals surface area contributed by atoms with E-state index in [9.17, 15) is 0 Å². The van der Waals surface area contributed by atoms with E-state index in [-0.39, 0.29) is 0 Å². The van der Waals surface area contributed by atoms with Gasteiger partial charge in [0.25, 0.3) is 0 Å². The van der Waals surface area contributed by atoms with Gasteiger partial charge in [0.15, 0.2) is 0 Å². The summed E-state index contributed by atoms with van der Waals surface area (Å²) in [7, 11) is 1.71. The fraction of sp³-hybridized carbons (Fsp3) is 0.294. The molecule has 0 bridgehead atoms. The minimum absolute atomic E-state index is 0.607. The molecular formula is C17H18ClNO. The van der Waals surface area contributed by atoms with E-state index in [1.807, 2.05) is 18.2 Å². The van der Waals surface area contributed by atoms with Crippen molar-refractivity contribution in [1.29, 1.82) is 0 Å². The molecule has 2 aromatic carbocycles. The normalized spacial score (nSPS) is 17.2. The fourth-order valence-corrected chi connectivity index (χ4v) is 2.90. The van der Waals surface area contributed by atoms with Crippen LogP contribution in [0, 0.1) is 5.92 Å². The van der Waals surface area contributed by atoms with E-state index in [0.29, 0.717) is 5.92 Å². The fourth-order valence-electron chi connectivity index (χ4n) is 2.77. The van der Waals surface area contributed by atoms with Crippen LogP contribution in [0.3, 0.4) is 0 Å². The molecule has 0 spiro atoms. The zero-order chi connectivity index (χ0) is 13.9. The van der Waals surface area contributed by atoms with E-state index in [1.54, 1.807) is 7.11 Å². The van der Waals surface area contributed by atoms with Crippen LogP contribution in [0.25, 0.3) is 0 Å². The second-order valence-electron chi connectivity index (χ2n) is 5.30. The highest BCUT2D eigenvalue weighted by Gasteiger charge is 2.19. The summed E-state index contributed by atoms with van der Waals surface area (Å²) in [5.74, 6) is 1.54. The van der Waals surface area contributed by atoms with Crippen molar-refractivity contribution < 1.29 is 4.74 Å². The summed E-state index contributed by atoms with van der Waals surface area (Å²) in [6.45, 7) is 1.02. The average Bonchev–Trinajstić information content (AvgIpc) is 2.49. The molecular weight excluding hydrogens is 270 g/mol. The molecule has 3 heteroatoms. The van der Waals surface area contributed by atoms with Gasteiger partial charge >= 0.3 is 0 Å². The molecule has 0 aliphatic carbocycles. The number of ether oxygens (including phenoxy) is 1. The number of halogens is 1. The van der Waals surface area contributed by atoms with Crippen LogP contribution in [0.15, 0.2) is 42.5 Å². The van der Waals surface area contributed by atoms with Gasteiger partial charge in [-0.25, -0.2) is 0 Å². The Balaban J connectivity index is 1.73. The lowest BCUT2D eigenvalue weighted by atomic mass is 9.89. The molecule has 2 nitrogen and oxygen atoms in total. The van der Waals surface area contributed by atoms with Crippen LogP contribution in [0.2, 0.25) is 5.02 Å². The molecule has 3 rings (SSSR count). The first-order valence-electron chi connectivity index (χ1n) is 6.90. The van der Waals surface area contributed by atoms with Gasteiger partial charge in [0.1, 0.15) is 5.75 Å². The van der Waals surface area contributed by atoms with Gasteiger partial charge in [0.05, 0.1) is 7.11 Å². The second kappa shape index (κ2) is 5.76. The molecule has 2 aromatic rings. The minimum Gasteiger partial charge on any atom is -0.497 e. The summed E-state index contributed by atoms with van der Waals surface area (Å²) < 4.78 is 5.30. The van der Waals surface area contributed by atoms with Crippen molar-refractivity contribution in [3.8, 4) is 5.75 Å². The highest BCUT2D eigenvalue weighted by atomic mass is 35.5. The van der Waals surface area contributed by atoms with E-state index in [1.165, 1.54) is 16.8 Å². The maximum absolute atomic E-state index is 5.93. The number of methoxy groups -OCH3 is 1. The van der Waals surface area contributed by atoms with Crippen LogP contribution < -0.4 is 10.1 Å². The summed E-state index contributed by atoms with van der Waals surface area (Å²) >= 11 is 5.93. The quantitative estimate of drug-likeness (QED) is 0.914. The predicted molar refractivity (Wildman–Crippen MR) is 83.8 cm³/mol. The number of benzene rings is 2. The van der Waals surface area contributed by atoms with Gasteiger partial charge < -0.3 is 10.1 Å². The van der Waals surface area contributed by atoms with E-state index >= 15 is 0 Å². The van der Waals surface area contributed by atoms with Gasteiger partial charge in [-0.2, -0.15) is 0 Å². The summed E-state index contributed by atoms with van der Waals surface area (Å²) in [5.41, 5.74) is 3.92. The zero-order valence-electron chi connectivity index (χ0n) is 11.5. The van der Waals surface area contributed by atoms with Crippen molar-refractivity contribution in [2.24, 2.45) is 5.92 Å². The molecule has 0 saturated carbocycles. The van der Waals surface area contributed by atoms with Gasteiger partial charge in [-0.15, -0.1) is 0 Å². The maximum atomic E-state index is 5.93. The Morgan fingerprint density at radius 2 is 2.00 bits per heavy atom. The molecule has 1 unspecified atom stereocenters. The predicted octanol–water partition coefficient (Wildman–Crippen LogP) is 4.18. The second-order valence-corrected chi connectivity index (χ2v) is 5.74. The topological polar surface area (TPSA) is 21.3 Å². The Bertz CT molecular complexity index is 594. The van der Waals surface area contributed by atoms with Crippen LogP contribution in [-0.4, -0.2) is 13.7 Å². The van der Waals surface area contributed by atoms with Crippen molar-refractivity contribution >= 4 is 17.3 Å². The Hall–Kier alpha value is -1.67. The molecule has 1 heterocycles. The van der Waals surface area contributed by atoms with Gasteiger partial charge in [-0.1, -0.05) is 23.7 Å². The van der Waals surface area contributed by atoms with Crippen molar-refractivity contribution in [2.45, 2.75) is 12.8 Å². The van der Waals surface area contributed by atoms with Crippen LogP contribution in [0.1, 0.15) is 11.1 Å². The number of nitrogens with one attached hydrogen (secondary N) is 1. The minimum atomic E-state index is 0.607. The number of hydrogen-bond acceptors (Lipinski definition) is 2. The summed E-state index contributed by atoms with van der Waals surface area (Å²) in [4.78, 5) is 0. The first-order chi connectivity index (χ1) is 9.74. The highest BCUT2D eigenvalue weighted by Crippen LogP contribution is 2.29. The Kier molecular flexibility index (Phi) is 3.83. The van der Waals surface area contributed by atoms with Crippen LogP contribution in [0.5, 0.6) is 5.75 Å². The first-order valence-corrected chi connectivity index (χ1v) is 7.27. The summed E-state index contributed by atoms with van der Waals surface area (Å²) in [5, 5.41) is 4.31. The monoisotopic (exact) mass is 287 g/mol. The molecule has 0 saturated heterocycles. The Morgan fingerprint density at radius 3 is 2.75 bits per heavy atom.